The Bertz CT molecular complexity index is 1070. The number of para-hydroxylation sites is 1. The van der Waals surface area contributed by atoms with Crippen LogP contribution in [0.15, 0.2) is 71.5 Å². The zero-order valence-corrected chi connectivity index (χ0v) is 13.3. The summed E-state index contributed by atoms with van der Waals surface area (Å²) in [5, 5.41) is 15.7. The first-order valence-corrected chi connectivity index (χ1v) is 7.89. The zero-order chi connectivity index (χ0) is 17.2. The monoisotopic (exact) mass is 332 g/mol. The molecule has 3 N–H and O–H groups in total. The number of benzene rings is 2. The van der Waals surface area contributed by atoms with Crippen LogP contribution in [0.2, 0.25) is 0 Å². The first kappa shape index (κ1) is 15.0. The van der Waals surface area contributed by atoms with Gasteiger partial charge in [0, 0.05) is 17.8 Å². The van der Waals surface area contributed by atoms with Gasteiger partial charge >= 0.3 is 0 Å². The molecule has 0 saturated heterocycles. The lowest BCUT2D eigenvalue weighted by molar-refractivity contribution is 0.475. The van der Waals surface area contributed by atoms with Gasteiger partial charge in [0.05, 0.1) is 17.9 Å². The second kappa shape index (κ2) is 6.16. The van der Waals surface area contributed by atoms with Crippen molar-refractivity contribution >= 4 is 11.3 Å². The summed E-state index contributed by atoms with van der Waals surface area (Å²) in [6.45, 7) is 0.468. The number of fused-ring (bicyclic) bond motifs is 1. The largest absolute Gasteiger partial charge is 0.508 e. The molecule has 4 aromatic rings. The second-order valence-electron chi connectivity index (χ2n) is 5.72. The molecule has 25 heavy (non-hydrogen) atoms. The van der Waals surface area contributed by atoms with E-state index in [1.807, 2.05) is 36.4 Å². The van der Waals surface area contributed by atoms with E-state index >= 15 is 0 Å². The first-order chi connectivity index (χ1) is 12.2. The molecule has 2 aromatic heterocycles. The van der Waals surface area contributed by atoms with E-state index in [2.05, 4.69) is 15.4 Å². The van der Waals surface area contributed by atoms with E-state index in [-0.39, 0.29) is 11.3 Å². The number of nitrogens with one attached hydrogen (secondary N) is 2. The number of anilines is 1. The van der Waals surface area contributed by atoms with Gasteiger partial charge in [-0.1, -0.05) is 18.2 Å². The predicted octanol–water partition coefficient (Wildman–Crippen LogP) is 3.01. The summed E-state index contributed by atoms with van der Waals surface area (Å²) < 4.78 is 1.41. The van der Waals surface area contributed by atoms with Gasteiger partial charge in [-0.15, -0.1) is 0 Å². The summed E-state index contributed by atoms with van der Waals surface area (Å²) in [6, 6.07) is 19.9. The lowest BCUT2D eigenvalue weighted by atomic mass is 10.1. The molecule has 0 amide bonds. The average molecular weight is 332 g/mol. The fraction of sp³-hybridized carbons (Fsp3) is 0.0526. The van der Waals surface area contributed by atoms with Crippen LogP contribution in [0.4, 0.5) is 5.69 Å². The van der Waals surface area contributed by atoms with E-state index in [1.165, 1.54) is 10.6 Å². The van der Waals surface area contributed by atoms with Gasteiger partial charge in [0.15, 0.2) is 5.65 Å². The van der Waals surface area contributed by atoms with Crippen LogP contribution >= 0.6 is 0 Å². The van der Waals surface area contributed by atoms with Crippen LogP contribution < -0.4 is 10.9 Å². The number of phenols is 1. The van der Waals surface area contributed by atoms with Gasteiger partial charge < -0.3 is 10.4 Å². The molecular weight excluding hydrogens is 316 g/mol. The highest BCUT2D eigenvalue weighted by Gasteiger charge is 2.08. The third-order valence-electron chi connectivity index (χ3n) is 3.93. The first-order valence-electron chi connectivity index (χ1n) is 7.89. The highest BCUT2D eigenvalue weighted by Crippen LogP contribution is 2.21. The van der Waals surface area contributed by atoms with E-state index in [4.69, 9.17) is 0 Å². The van der Waals surface area contributed by atoms with Crippen molar-refractivity contribution in [3.63, 3.8) is 0 Å². The van der Waals surface area contributed by atoms with E-state index in [1.54, 1.807) is 24.3 Å². The number of H-pyrrole nitrogens is 1. The summed E-state index contributed by atoms with van der Waals surface area (Å²) in [5.74, 6) is 0.199. The summed E-state index contributed by atoms with van der Waals surface area (Å²) >= 11 is 0. The van der Waals surface area contributed by atoms with Gasteiger partial charge in [-0.25, -0.2) is 9.50 Å². The number of aromatic hydroxyl groups is 1. The third kappa shape index (κ3) is 3.10. The van der Waals surface area contributed by atoms with Gasteiger partial charge in [-0.3, -0.25) is 9.89 Å². The molecule has 0 fully saturated rings. The van der Waals surface area contributed by atoms with Crippen LogP contribution in [0.5, 0.6) is 5.75 Å². The number of rotatable bonds is 4. The number of hydrogen-bond acceptors (Lipinski definition) is 4. The molecular formula is C19H16N4O2. The van der Waals surface area contributed by atoms with Crippen molar-refractivity contribution in [2.75, 3.05) is 5.32 Å². The number of hydrogen-bond donors (Lipinski definition) is 3. The quantitative estimate of drug-likeness (QED) is 0.536. The molecule has 0 radical (unpaired) electrons. The standard InChI is InChI=1S/C19H16N4O2/c24-16-8-6-13(7-9-16)17-11-18-21-15(10-19(25)23(18)22-17)12-20-14-4-2-1-3-5-14/h1-11,20,22,24H,12H2. The minimum absolute atomic E-state index is 0.167. The van der Waals surface area contributed by atoms with Crippen molar-refractivity contribution in [3.8, 4) is 17.0 Å². The number of aromatic amines is 1. The van der Waals surface area contributed by atoms with E-state index in [9.17, 15) is 9.90 Å². The molecule has 4 rings (SSSR count). The van der Waals surface area contributed by atoms with Crippen LogP contribution in [0.3, 0.4) is 0 Å². The molecule has 0 aliphatic rings. The van der Waals surface area contributed by atoms with Gasteiger partial charge in [-0.05, 0) is 42.0 Å². The molecule has 6 heteroatoms. The Morgan fingerprint density at radius 2 is 1.80 bits per heavy atom. The second-order valence-corrected chi connectivity index (χ2v) is 5.72. The molecule has 0 unspecified atom stereocenters. The van der Waals surface area contributed by atoms with Crippen molar-refractivity contribution in [1.29, 1.82) is 0 Å². The molecule has 0 atom stereocenters. The van der Waals surface area contributed by atoms with Crippen LogP contribution in [-0.4, -0.2) is 19.7 Å². The molecule has 6 nitrogen and oxygen atoms in total. The summed E-state index contributed by atoms with van der Waals surface area (Å²) in [5.41, 5.74) is 3.67. The van der Waals surface area contributed by atoms with Gasteiger partial charge in [0.25, 0.3) is 5.56 Å². The maximum Gasteiger partial charge on any atom is 0.272 e. The zero-order valence-electron chi connectivity index (χ0n) is 13.3. The lowest BCUT2D eigenvalue weighted by Crippen LogP contribution is -2.16. The SMILES string of the molecule is O=c1cc(CNc2ccccc2)nc2cc(-c3ccc(O)cc3)[nH]n12. The van der Waals surface area contributed by atoms with Crippen molar-refractivity contribution in [3.05, 3.63) is 82.8 Å². The fourth-order valence-corrected chi connectivity index (χ4v) is 2.67. The maximum atomic E-state index is 12.3. The van der Waals surface area contributed by atoms with E-state index in [0.717, 1.165) is 16.9 Å². The van der Waals surface area contributed by atoms with Gasteiger partial charge in [-0.2, -0.15) is 0 Å². The Morgan fingerprint density at radius 3 is 2.56 bits per heavy atom. The Morgan fingerprint density at radius 1 is 1.04 bits per heavy atom. The van der Waals surface area contributed by atoms with Crippen LogP contribution in [0.1, 0.15) is 5.69 Å². The van der Waals surface area contributed by atoms with Crippen LogP contribution in [0.25, 0.3) is 16.9 Å². The summed E-state index contributed by atoms with van der Waals surface area (Å²) in [4.78, 5) is 16.9. The van der Waals surface area contributed by atoms with Gasteiger partial charge in [0.1, 0.15) is 5.75 Å². The van der Waals surface area contributed by atoms with Gasteiger partial charge in [0.2, 0.25) is 0 Å². The Labute approximate surface area is 143 Å². The Kier molecular flexibility index (Phi) is 3.70. The number of phenolic OH excluding ortho intramolecular Hbond substituents is 1. The molecule has 0 aliphatic carbocycles. The smallest absolute Gasteiger partial charge is 0.272 e. The molecule has 0 spiro atoms. The minimum Gasteiger partial charge on any atom is -0.508 e. The maximum absolute atomic E-state index is 12.3. The topological polar surface area (TPSA) is 82.4 Å². The van der Waals surface area contributed by atoms with Crippen molar-refractivity contribution in [2.24, 2.45) is 0 Å². The fourth-order valence-electron chi connectivity index (χ4n) is 2.67. The van der Waals surface area contributed by atoms with E-state index in [0.29, 0.717) is 17.9 Å². The number of nitrogens with zero attached hydrogens (tertiary/aromatic N) is 2. The normalized spacial score (nSPS) is 10.9. The highest BCUT2D eigenvalue weighted by atomic mass is 16.3. The molecule has 2 heterocycles. The number of aromatic nitrogens is 3. The molecule has 0 aliphatic heterocycles. The molecule has 2 aromatic carbocycles. The van der Waals surface area contributed by atoms with Crippen molar-refractivity contribution < 1.29 is 5.11 Å². The molecule has 124 valence electrons. The Hall–Kier alpha value is -3.54. The lowest BCUT2D eigenvalue weighted by Gasteiger charge is -2.05. The minimum atomic E-state index is -0.167. The summed E-state index contributed by atoms with van der Waals surface area (Å²) in [6.07, 6.45) is 0. The predicted molar refractivity (Wildman–Crippen MR) is 96.7 cm³/mol. The molecule has 0 bridgehead atoms. The third-order valence-corrected chi connectivity index (χ3v) is 3.93. The summed E-state index contributed by atoms with van der Waals surface area (Å²) in [7, 11) is 0. The average Bonchev–Trinajstić information content (AvgIpc) is 3.06. The van der Waals surface area contributed by atoms with Crippen molar-refractivity contribution in [2.45, 2.75) is 6.54 Å². The van der Waals surface area contributed by atoms with Crippen molar-refractivity contribution in [1.82, 2.24) is 14.6 Å². The van der Waals surface area contributed by atoms with E-state index < -0.39 is 0 Å². The highest BCUT2D eigenvalue weighted by molar-refractivity contribution is 5.64. The van der Waals surface area contributed by atoms with Crippen LogP contribution in [-0.2, 0) is 6.54 Å². The Balaban J connectivity index is 1.65. The van der Waals surface area contributed by atoms with Crippen LogP contribution in [0, 0.1) is 0 Å². The molecule has 0 saturated carbocycles.